The van der Waals surface area contributed by atoms with E-state index in [-0.39, 0.29) is 6.29 Å². The van der Waals surface area contributed by atoms with Crippen molar-refractivity contribution in [1.29, 1.82) is 0 Å². The second-order valence-corrected chi connectivity index (χ2v) is 5.12. The van der Waals surface area contributed by atoms with Crippen LogP contribution in [0.1, 0.15) is 19.8 Å². The van der Waals surface area contributed by atoms with Gasteiger partial charge in [0.2, 0.25) is 0 Å². The molecule has 14 heavy (non-hydrogen) atoms. The first-order valence-electron chi connectivity index (χ1n) is 5.18. The molecule has 1 fully saturated rings. The van der Waals surface area contributed by atoms with Crippen LogP contribution < -0.4 is 5.32 Å². The molecule has 0 spiro atoms. The van der Waals surface area contributed by atoms with Gasteiger partial charge in [-0.25, -0.2) is 0 Å². The molecule has 1 N–H and O–H groups in total. The normalized spacial score (nSPS) is 28.3. The molecular weight excluding hydrogens is 198 g/mol. The van der Waals surface area contributed by atoms with E-state index >= 15 is 0 Å². The quantitative estimate of drug-likeness (QED) is 0.710. The summed E-state index contributed by atoms with van der Waals surface area (Å²) in [6.45, 7) is 3.07. The second-order valence-electron chi connectivity index (χ2n) is 3.63. The van der Waals surface area contributed by atoms with Gasteiger partial charge in [-0.2, -0.15) is 11.8 Å². The number of rotatable bonds is 5. The molecule has 1 aliphatic heterocycles. The Morgan fingerprint density at radius 2 is 2.14 bits per heavy atom. The van der Waals surface area contributed by atoms with Crippen LogP contribution in [-0.2, 0) is 9.47 Å². The second kappa shape index (κ2) is 6.67. The van der Waals surface area contributed by atoms with E-state index < -0.39 is 0 Å². The van der Waals surface area contributed by atoms with Gasteiger partial charge in [0.15, 0.2) is 6.29 Å². The van der Waals surface area contributed by atoms with Crippen molar-refractivity contribution >= 4 is 11.8 Å². The third kappa shape index (κ3) is 3.77. The summed E-state index contributed by atoms with van der Waals surface area (Å²) in [6.07, 6.45) is 2.47. The predicted octanol–water partition coefficient (Wildman–Crippen LogP) is 1.48. The molecule has 0 aromatic rings. The first-order valence-corrected chi connectivity index (χ1v) is 6.23. The maximum atomic E-state index is 5.13. The topological polar surface area (TPSA) is 30.5 Å². The third-order valence-corrected chi connectivity index (χ3v) is 4.06. The summed E-state index contributed by atoms with van der Waals surface area (Å²) in [6, 6.07) is 0.613. The van der Waals surface area contributed by atoms with Gasteiger partial charge in [-0.3, -0.25) is 0 Å². The van der Waals surface area contributed by atoms with Crippen LogP contribution in [0.2, 0.25) is 0 Å². The Balaban J connectivity index is 2.21. The van der Waals surface area contributed by atoms with Crippen molar-refractivity contribution in [2.45, 2.75) is 37.3 Å². The fourth-order valence-electron chi connectivity index (χ4n) is 1.70. The highest BCUT2D eigenvalue weighted by atomic mass is 32.2. The minimum absolute atomic E-state index is 0.117. The molecule has 1 saturated heterocycles. The van der Waals surface area contributed by atoms with E-state index in [0.717, 1.165) is 6.54 Å². The molecule has 0 saturated carbocycles. The Kier molecular flexibility index (Phi) is 5.86. The minimum atomic E-state index is -0.117. The Hall–Kier alpha value is 0.230. The van der Waals surface area contributed by atoms with E-state index in [1.165, 1.54) is 18.6 Å². The van der Waals surface area contributed by atoms with Crippen LogP contribution in [0.15, 0.2) is 0 Å². The molecule has 0 radical (unpaired) electrons. The largest absolute Gasteiger partial charge is 0.355 e. The highest BCUT2D eigenvalue weighted by Gasteiger charge is 2.21. The number of hydrogen-bond donors (Lipinski definition) is 1. The SMILES string of the molecule is COC(CNC1CCCSC1C)OC. The Morgan fingerprint density at radius 3 is 2.71 bits per heavy atom. The first-order chi connectivity index (χ1) is 6.77. The lowest BCUT2D eigenvalue weighted by Gasteiger charge is -2.30. The summed E-state index contributed by atoms with van der Waals surface area (Å²) in [5, 5.41) is 4.21. The van der Waals surface area contributed by atoms with Gasteiger partial charge in [-0.05, 0) is 18.6 Å². The van der Waals surface area contributed by atoms with Gasteiger partial charge in [0.1, 0.15) is 0 Å². The monoisotopic (exact) mass is 219 g/mol. The van der Waals surface area contributed by atoms with E-state index in [1.54, 1.807) is 14.2 Å². The van der Waals surface area contributed by atoms with Crippen LogP contribution in [0.3, 0.4) is 0 Å². The van der Waals surface area contributed by atoms with Crippen LogP contribution in [0.5, 0.6) is 0 Å². The summed E-state index contributed by atoms with van der Waals surface area (Å²) in [5.74, 6) is 1.30. The number of ether oxygens (including phenoxy) is 2. The average molecular weight is 219 g/mol. The van der Waals surface area contributed by atoms with Crippen molar-refractivity contribution in [3.05, 3.63) is 0 Å². The zero-order chi connectivity index (χ0) is 10.4. The summed E-state index contributed by atoms with van der Waals surface area (Å²) in [7, 11) is 3.35. The van der Waals surface area contributed by atoms with Gasteiger partial charge >= 0.3 is 0 Å². The molecule has 0 bridgehead atoms. The summed E-state index contributed by atoms with van der Waals surface area (Å²) in [5.41, 5.74) is 0. The van der Waals surface area contributed by atoms with Crippen LogP contribution in [0.25, 0.3) is 0 Å². The van der Waals surface area contributed by atoms with Crippen LogP contribution >= 0.6 is 11.8 Å². The van der Waals surface area contributed by atoms with Crippen molar-refractivity contribution in [2.75, 3.05) is 26.5 Å². The van der Waals surface area contributed by atoms with Gasteiger partial charge in [-0.15, -0.1) is 0 Å². The number of hydrogen-bond acceptors (Lipinski definition) is 4. The smallest absolute Gasteiger partial charge is 0.169 e. The Bertz CT molecular complexity index is 153. The molecule has 4 heteroatoms. The van der Waals surface area contributed by atoms with Gasteiger partial charge < -0.3 is 14.8 Å². The fraction of sp³-hybridized carbons (Fsp3) is 1.00. The molecule has 0 aromatic heterocycles. The van der Waals surface area contributed by atoms with Crippen LogP contribution in [-0.4, -0.2) is 44.1 Å². The van der Waals surface area contributed by atoms with Crippen molar-refractivity contribution in [1.82, 2.24) is 5.32 Å². The standard InChI is InChI=1S/C10H21NO2S/c1-8-9(5-4-6-14-8)11-7-10(12-2)13-3/h8-11H,4-7H2,1-3H3. The van der Waals surface area contributed by atoms with Gasteiger partial charge in [0.25, 0.3) is 0 Å². The maximum Gasteiger partial charge on any atom is 0.169 e. The number of thioether (sulfide) groups is 1. The van der Waals surface area contributed by atoms with Crippen LogP contribution in [0, 0.1) is 0 Å². The van der Waals surface area contributed by atoms with Gasteiger partial charge in [0, 0.05) is 32.1 Å². The summed E-state index contributed by atoms with van der Waals surface area (Å²) in [4.78, 5) is 0. The molecule has 0 amide bonds. The molecule has 2 atom stereocenters. The first kappa shape index (κ1) is 12.3. The molecular formula is C10H21NO2S. The summed E-state index contributed by atoms with van der Waals surface area (Å²) < 4.78 is 10.3. The number of nitrogens with one attached hydrogen (secondary N) is 1. The molecule has 84 valence electrons. The van der Waals surface area contributed by atoms with E-state index in [9.17, 15) is 0 Å². The van der Waals surface area contributed by atoms with Crippen molar-refractivity contribution in [3.8, 4) is 0 Å². The molecule has 1 rings (SSSR count). The lowest BCUT2D eigenvalue weighted by molar-refractivity contribution is -0.0999. The van der Waals surface area contributed by atoms with Crippen molar-refractivity contribution in [2.24, 2.45) is 0 Å². The average Bonchev–Trinajstić information content (AvgIpc) is 2.22. The molecule has 0 aliphatic carbocycles. The molecule has 2 unspecified atom stereocenters. The number of methoxy groups -OCH3 is 2. The van der Waals surface area contributed by atoms with Crippen LogP contribution in [0.4, 0.5) is 0 Å². The zero-order valence-electron chi connectivity index (χ0n) is 9.29. The van der Waals surface area contributed by atoms with E-state index in [1.807, 2.05) is 11.8 Å². The molecule has 1 heterocycles. The minimum Gasteiger partial charge on any atom is -0.355 e. The van der Waals surface area contributed by atoms with E-state index in [2.05, 4.69) is 12.2 Å². The summed E-state index contributed by atoms with van der Waals surface area (Å²) >= 11 is 2.05. The Labute approximate surface area is 90.9 Å². The molecule has 3 nitrogen and oxygen atoms in total. The van der Waals surface area contributed by atoms with Crippen molar-refractivity contribution < 1.29 is 9.47 Å². The van der Waals surface area contributed by atoms with Crippen molar-refractivity contribution in [3.63, 3.8) is 0 Å². The predicted molar refractivity (Wildman–Crippen MR) is 60.8 cm³/mol. The molecule has 1 aliphatic rings. The lowest BCUT2D eigenvalue weighted by Crippen LogP contribution is -2.43. The lowest BCUT2D eigenvalue weighted by atomic mass is 10.1. The third-order valence-electron chi connectivity index (χ3n) is 2.68. The van der Waals surface area contributed by atoms with E-state index in [0.29, 0.717) is 11.3 Å². The highest BCUT2D eigenvalue weighted by molar-refractivity contribution is 7.99. The Morgan fingerprint density at radius 1 is 1.43 bits per heavy atom. The van der Waals surface area contributed by atoms with Gasteiger partial charge in [0.05, 0.1) is 0 Å². The van der Waals surface area contributed by atoms with Gasteiger partial charge in [-0.1, -0.05) is 6.92 Å². The fourth-order valence-corrected chi connectivity index (χ4v) is 2.87. The maximum absolute atomic E-state index is 5.13. The molecule has 0 aromatic carbocycles. The van der Waals surface area contributed by atoms with E-state index in [4.69, 9.17) is 9.47 Å². The zero-order valence-corrected chi connectivity index (χ0v) is 10.1. The highest BCUT2D eigenvalue weighted by Crippen LogP contribution is 2.24.